The van der Waals surface area contributed by atoms with Crippen molar-refractivity contribution in [2.45, 2.75) is 51.5 Å². The summed E-state index contributed by atoms with van der Waals surface area (Å²) in [6, 6.07) is 20.7. The predicted octanol–water partition coefficient (Wildman–Crippen LogP) is 8.31. The highest BCUT2D eigenvalue weighted by molar-refractivity contribution is 8.03. The molecule has 6 rings (SSSR count). The molecule has 2 heterocycles. The number of oxazole rings is 1. The van der Waals surface area contributed by atoms with Gasteiger partial charge < -0.3 is 9.32 Å². The lowest BCUT2D eigenvalue weighted by atomic mass is 9.75. The Morgan fingerprint density at radius 2 is 1.86 bits per heavy atom. The second kappa shape index (κ2) is 11.8. The lowest BCUT2D eigenvalue weighted by Crippen LogP contribution is -2.36. The van der Waals surface area contributed by atoms with Crippen LogP contribution in [-0.4, -0.2) is 25.3 Å². The minimum Gasteiger partial charge on any atom is -0.398 e. The number of hydrogen-bond donors (Lipinski definition) is 1. The summed E-state index contributed by atoms with van der Waals surface area (Å²) >= 11 is 1.84. The third-order valence-corrected chi connectivity index (χ3v) is 9.86. The average Bonchev–Trinajstić information content (AvgIpc) is 3.48. The normalized spacial score (nSPS) is 18.8. The molecule has 1 aliphatic heterocycles. The maximum atomic E-state index is 11.4. The minimum atomic E-state index is -4.05. The molecule has 0 amide bonds. The summed E-state index contributed by atoms with van der Waals surface area (Å²) in [6.45, 7) is 8.15. The van der Waals surface area contributed by atoms with Gasteiger partial charge in [0.1, 0.15) is 0 Å². The zero-order valence-electron chi connectivity index (χ0n) is 24.8. The van der Waals surface area contributed by atoms with Crippen LogP contribution in [0.4, 0.5) is 5.69 Å². The summed E-state index contributed by atoms with van der Waals surface area (Å²) in [4.78, 5) is 3.69. The third kappa shape index (κ3) is 6.51. The monoisotopic (exact) mass is 613 g/mol. The summed E-state index contributed by atoms with van der Waals surface area (Å²) in [5, 5.41) is 3.39. The lowest BCUT2D eigenvalue weighted by Gasteiger charge is -2.31. The number of aromatic nitrogens is 1. The van der Waals surface area contributed by atoms with Gasteiger partial charge in [-0.2, -0.15) is 13.0 Å². The third-order valence-electron chi connectivity index (χ3n) is 7.95. The van der Waals surface area contributed by atoms with Gasteiger partial charge in [-0.05, 0) is 72.1 Å². The number of allylic oxidation sites excluding steroid dienone is 6. The first-order chi connectivity index (χ1) is 20.6. The Morgan fingerprint density at radius 3 is 2.67 bits per heavy atom. The van der Waals surface area contributed by atoms with Gasteiger partial charge in [0.25, 0.3) is 15.6 Å². The largest absolute Gasteiger partial charge is 0.398 e. The van der Waals surface area contributed by atoms with Crippen molar-refractivity contribution in [3.05, 3.63) is 107 Å². The Hall–Kier alpha value is -3.59. The molecule has 43 heavy (non-hydrogen) atoms. The van der Waals surface area contributed by atoms with Gasteiger partial charge in [0.05, 0.1) is 27.9 Å². The van der Waals surface area contributed by atoms with E-state index in [-0.39, 0.29) is 17.6 Å². The first kappa shape index (κ1) is 29.5. The van der Waals surface area contributed by atoms with E-state index in [0.29, 0.717) is 12.4 Å². The Balaban J connectivity index is 1.33. The fourth-order valence-corrected chi connectivity index (χ4v) is 7.93. The molecule has 0 bridgehead atoms. The van der Waals surface area contributed by atoms with Gasteiger partial charge in [-0.15, -0.1) is 0 Å². The quantitative estimate of drug-likeness (QED) is 0.159. The average molecular weight is 614 g/mol. The molecule has 6 nitrogen and oxygen atoms in total. The molecule has 3 aromatic carbocycles. The van der Waals surface area contributed by atoms with Crippen molar-refractivity contribution < 1.29 is 22.0 Å². The molecule has 4 aromatic rings. The fraction of sp³-hybridized carbons (Fsp3) is 0.286. The maximum absolute atomic E-state index is 11.4. The number of benzene rings is 3. The molecular formula is C35H37N2O4S2+. The number of rotatable bonds is 8. The summed E-state index contributed by atoms with van der Waals surface area (Å²) in [5.74, 6) is 0.334. The van der Waals surface area contributed by atoms with Gasteiger partial charge in [-0.3, -0.25) is 4.55 Å². The molecule has 0 saturated carbocycles. The SMILES string of the molecule is CCN1C(=CC2=C/C(=C/C=C/c3oc4ccc5ccccc5c4[n+]3CCCS(=O)(=O)O)CC(C)(C)C2)Sc2ccccc21. The van der Waals surface area contributed by atoms with Crippen LogP contribution in [0.25, 0.3) is 27.9 Å². The van der Waals surface area contributed by atoms with Crippen LogP contribution in [0.3, 0.4) is 0 Å². The summed E-state index contributed by atoms with van der Waals surface area (Å²) in [5.41, 5.74) is 5.63. The highest BCUT2D eigenvalue weighted by atomic mass is 32.2. The number of para-hydroxylation sites is 1. The smallest absolute Gasteiger partial charge is 0.374 e. The van der Waals surface area contributed by atoms with E-state index in [1.54, 1.807) is 0 Å². The Bertz CT molecular complexity index is 1930. The second-order valence-electron chi connectivity index (χ2n) is 12.0. The second-order valence-corrected chi connectivity index (χ2v) is 14.6. The van der Waals surface area contributed by atoms with Crippen LogP contribution in [0, 0.1) is 5.41 Å². The Morgan fingerprint density at radius 1 is 1.07 bits per heavy atom. The molecule has 0 unspecified atom stereocenters. The van der Waals surface area contributed by atoms with Crippen LogP contribution in [-0.2, 0) is 16.7 Å². The molecule has 0 fully saturated rings. The van der Waals surface area contributed by atoms with Crippen LogP contribution in [0.2, 0.25) is 0 Å². The predicted molar refractivity (Wildman–Crippen MR) is 177 cm³/mol. The molecule has 1 N–H and O–H groups in total. The van der Waals surface area contributed by atoms with E-state index >= 15 is 0 Å². The summed E-state index contributed by atoms with van der Waals surface area (Å²) in [7, 11) is -4.05. The van der Waals surface area contributed by atoms with Gasteiger partial charge in [0.2, 0.25) is 5.58 Å². The summed E-state index contributed by atoms with van der Waals surface area (Å²) in [6.07, 6.45) is 13.0. The van der Waals surface area contributed by atoms with Gasteiger partial charge in [0.15, 0.2) is 6.54 Å². The van der Waals surface area contributed by atoms with Crippen LogP contribution in [0.5, 0.6) is 0 Å². The maximum Gasteiger partial charge on any atom is 0.374 e. The first-order valence-corrected chi connectivity index (χ1v) is 17.2. The zero-order valence-corrected chi connectivity index (χ0v) is 26.4. The van der Waals surface area contributed by atoms with Crippen molar-refractivity contribution in [1.29, 1.82) is 0 Å². The molecule has 0 atom stereocenters. The number of fused-ring (bicyclic) bond motifs is 4. The number of hydrogen-bond acceptors (Lipinski definition) is 5. The van der Waals surface area contributed by atoms with Gasteiger partial charge >= 0.3 is 5.89 Å². The molecular weight excluding hydrogens is 577 g/mol. The van der Waals surface area contributed by atoms with E-state index in [4.69, 9.17) is 4.42 Å². The molecule has 0 spiro atoms. The number of anilines is 1. The van der Waals surface area contributed by atoms with E-state index in [2.05, 4.69) is 74.2 Å². The van der Waals surface area contributed by atoms with Crippen LogP contribution >= 0.6 is 11.8 Å². The van der Waals surface area contributed by atoms with Crippen molar-refractivity contribution in [2.24, 2.45) is 5.41 Å². The molecule has 8 heteroatoms. The fourth-order valence-electron chi connectivity index (χ4n) is 6.23. The van der Waals surface area contributed by atoms with Crippen LogP contribution < -0.4 is 9.47 Å². The number of thioether (sulfide) groups is 1. The van der Waals surface area contributed by atoms with Crippen molar-refractivity contribution >= 4 is 55.5 Å². The zero-order chi connectivity index (χ0) is 30.2. The lowest BCUT2D eigenvalue weighted by molar-refractivity contribution is -0.677. The number of nitrogens with zero attached hydrogens (tertiary/aromatic N) is 2. The molecule has 222 valence electrons. The van der Waals surface area contributed by atoms with Crippen molar-refractivity contribution in [1.82, 2.24) is 0 Å². The minimum absolute atomic E-state index is 0.127. The van der Waals surface area contributed by atoms with E-state index < -0.39 is 10.1 Å². The van der Waals surface area contributed by atoms with Gasteiger partial charge in [0, 0.05) is 17.9 Å². The van der Waals surface area contributed by atoms with E-state index in [1.165, 1.54) is 26.8 Å². The van der Waals surface area contributed by atoms with Gasteiger partial charge in [-0.1, -0.05) is 80.2 Å². The van der Waals surface area contributed by atoms with Crippen LogP contribution in [0.1, 0.15) is 45.9 Å². The molecule has 2 aliphatic rings. The Kier molecular flexibility index (Phi) is 8.11. The van der Waals surface area contributed by atoms with Gasteiger partial charge in [-0.25, -0.2) is 0 Å². The topological polar surface area (TPSA) is 74.6 Å². The number of aryl methyl sites for hydroxylation is 1. The van der Waals surface area contributed by atoms with Crippen molar-refractivity contribution in [3.63, 3.8) is 0 Å². The van der Waals surface area contributed by atoms with Crippen LogP contribution in [0.15, 0.2) is 110 Å². The van der Waals surface area contributed by atoms with E-state index in [9.17, 15) is 13.0 Å². The highest BCUT2D eigenvalue weighted by Crippen LogP contribution is 2.47. The highest BCUT2D eigenvalue weighted by Gasteiger charge is 2.28. The molecule has 1 aliphatic carbocycles. The molecule has 1 aromatic heterocycles. The van der Waals surface area contributed by atoms with Crippen molar-refractivity contribution in [3.8, 4) is 0 Å². The summed E-state index contributed by atoms with van der Waals surface area (Å²) < 4.78 is 40.5. The first-order valence-electron chi connectivity index (χ1n) is 14.7. The van der Waals surface area contributed by atoms with E-state index in [0.717, 1.165) is 41.3 Å². The van der Waals surface area contributed by atoms with Crippen molar-refractivity contribution in [2.75, 3.05) is 17.2 Å². The molecule has 0 saturated heterocycles. The molecule has 0 radical (unpaired) electrons. The Labute approximate surface area is 257 Å². The standard InChI is InChI=1S/C35H36N2O4S2/c1-4-36-29-14-7-8-15-31(29)42-33(36)22-26-21-25(23-35(2,3)24-26)11-9-16-32-37(19-10-20-43(38,39)40)34-28-13-6-5-12-27(28)17-18-30(34)41-32/h5-9,11-18,21-22H,4,10,19-20,23-24H2,1-3H3/p+1. The van der Waals surface area contributed by atoms with E-state index in [1.807, 2.05) is 58.8 Å².